The Bertz CT molecular complexity index is 716. The smallest absolute Gasteiger partial charge is 0.336 e. The Hall–Kier alpha value is -2.42. The fourth-order valence-corrected chi connectivity index (χ4v) is 3.01. The molecule has 3 nitrogen and oxygen atoms in total. The van der Waals surface area contributed by atoms with Crippen molar-refractivity contribution < 1.29 is 14.7 Å². The van der Waals surface area contributed by atoms with Crippen LogP contribution in [0.4, 0.5) is 0 Å². The van der Waals surface area contributed by atoms with E-state index in [4.69, 9.17) is 0 Å². The number of carbonyl (C=O) groups excluding carboxylic acids is 1. The average Bonchev–Trinajstić information content (AvgIpc) is 2.53. The van der Waals surface area contributed by atoms with E-state index in [1.165, 1.54) is 11.6 Å². The number of carboxylic acid groups (broad SMARTS) is 1. The predicted molar refractivity (Wildman–Crippen MR) is 79.9 cm³/mol. The van der Waals surface area contributed by atoms with Gasteiger partial charge >= 0.3 is 5.97 Å². The van der Waals surface area contributed by atoms with Gasteiger partial charge in [-0.15, -0.1) is 0 Å². The molecule has 0 spiro atoms. The van der Waals surface area contributed by atoms with E-state index in [1.54, 1.807) is 18.2 Å². The number of hydrogen-bond acceptors (Lipinski definition) is 2. The van der Waals surface area contributed by atoms with E-state index in [0.717, 1.165) is 31.2 Å². The molecule has 1 N–H and O–H groups in total. The lowest BCUT2D eigenvalue weighted by Gasteiger charge is -2.19. The van der Waals surface area contributed by atoms with Crippen LogP contribution in [0.5, 0.6) is 0 Å². The summed E-state index contributed by atoms with van der Waals surface area (Å²) in [5.74, 6) is -1.25. The van der Waals surface area contributed by atoms with E-state index in [1.807, 2.05) is 12.1 Å². The Labute approximate surface area is 123 Å². The summed E-state index contributed by atoms with van der Waals surface area (Å²) >= 11 is 0. The molecule has 21 heavy (non-hydrogen) atoms. The summed E-state index contributed by atoms with van der Waals surface area (Å²) in [4.78, 5) is 24.1. The maximum absolute atomic E-state index is 12.8. The van der Waals surface area contributed by atoms with Gasteiger partial charge in [-0.2, -0.15) is 0 Å². The van der Waals surface area contributed by atoms with Crippen LogP contribution in [0.2, 0.25) is 0 Å². The molecule has 0 heterocycles. The van der Waals surface area contributed by atoms with Gasteiger partial charge in [0.25, 0.3) is 0 Å². The van der Waals surface area contributed by atoms with Crippen LogP contribution >= 0.6 is 0 Å². The summed E-state index contributed by atoms with van der Waals surface area (Å²) in [5, 5.41) is 9.25. The number of benzene rings is 2. The highest BCUT2D eigenvalue weighted by molar-refractivity contribution is 6.15. The molecule has 0 saturated carbocycles. The Kier molecular flexibility index (Phi) is 3.57. The first-order chi connectivity index (χ1) is 10.2. The molecular formula is C18H16O3. The summed E-state index contributed by atoms with van der Waals surface area (Å²) in [5.41, 5.74) is 3.30. The van der Waals surface area contributed by atoms with E-state index < -0.39 is 5.97 Å². The van der Waals surface area contributed by atoms with Gasteiger partial charge in [-0.05, 0) is 42.9 Å². The standard InChI is InChI=1S/C18H16O3/c19-17(15-9-3-4-10-16(15)18(20)21)14-11-5-7-12-6-1-2-8-13(12)14/h3-5,7,9-11H,1-2,6,8H2,(H,20,21). The van der Waals surface area contributed by atoms with Crippen LogP contribution in [-0.2, 0) is 12.8 Å². The zero-order valence-corrected chi connectivity index (χ0v) is 11.6. The lowest BCUT2D eigenvalue weighted by atomic mass is 9.85. The van der Waals surface area contributed by atoms with Gasteiger partial charge in [0, 0.05) is 11.1 Å². The minimum Gasteiger partial charge on any atom is -0.478 e. The molecule has 1 aliphatic carbocycles. The number of hydrogen-bond donors (Lipinski definition) is 1. The van der Waals surface area contributed by atoms with Crippen molar-refractivity contribution in [2.75, 3.05) is 0 Å². The molecule has 1 aliphatic rings. The van der Waals surface area contributed by atoms with E-state index in [0.29, 0.717) is 5.56 Å². The van der Waals surface area contributed by atoms with Gasteiger partial charge < -0.3 is 5.11 Å². The van der Waals surface area contributed by atoms with Crippen molar-refractivity contribution in [2.45, 2.75) is 25.7 Å². The lowest BCUT2D eigenvalue weighted by molar-refractivity contribution is 0.0693. The minimum absolute atomic E-state index is 0.0657. The summed E-state index contributed by atoms with van der Waals surface area (Å²) in [6.07, 6.45) is 4.12. The molecule has 0 aromatic heterocycles. The first-order valence-corrected chi connectivity index (χ1v) is 7.16. The molecule has 0 bridgehead atoms. The first-order valence-electron chi connectivity index (χ1n) is 7.16. The Morgan fingerprint density at radius 1 is 0.810 bits per heavy atom. The molecule has 2 aromatic rings. The Morgan fingerprint density at radius 2 is 1.48 bits per heavy atom. The number of ketones is 1. The van der Waals surface area contributed by atoms with Crippen molar-refractivity contribution in [2.24, 2.45) is 0 Å². The van der Waals surface area contributed by atoms with E-state index in [2.05, 4.69) is 6.07 Å². The highest BCUT2D eigenvalue weighted by Gasteiger charge is 2.22. The highest BCUT2D eigenvalue weighted by atomic mass is 16.4. The van der Waals surface area contributed by atoms with Crippen molar-refractivity contribution in [1.29, 1.82) is 0 Å². The largest absolute Gasteiger partial charge is 0.478 e. The summed E-state index contributed by atoms with van der Waals surface area (Å²) in [6, 6.07) is 12.2. The Balaban J connectivity index is 2.10. The van der Waals surface area contributed by atoms with Crippen molar-refractivity contribution in [1.82, 2.24) is 0 Å². The zero-order chi connectivity index (χ0) is 14.8. The first kappa shape index (κ1) is 13.6. The molecule has 0 amide bonds. The number of aryl methyl sites for hydroxylation is 1. The number of aromatic carboxylic acids is 1. The maximum Gasteiger partial charge on any atom is 0.336 e. The lowest BCUT2D eigenvalue weighted by Crippen LogP contribution is -2.14. The third kappa shape index (κ3) is 2.47. The third-order valence-electron chi connectivity index (χ3n) is 4.04. The highest BCUT2D eigenvalue weighted by Crippen LogP contribution is 2.27. The van der Waals surface area contributed by atoms with Crippen LogP contribution < -0.4 is 0 Å². The summed E-state index contributed by atoms with van der Waals surface area (Å²) in [7, 11) is 0. The van der Waals surface area contributed by atoms with Crippen LogP contribution in [0.1, 0.15) is 50.2 Å². The second-order valence-corrected chi connectivity index (χ2v) is 5.33. The second-order valence-electron chi connectivity index (χ2n) is 5.33. The number of rotatable bonds is 3. The zero-order valence-electron chi connectivity index (χ0n) is 11.6. The van der Waals surface area contributed by atoms with Crippen molar-refractivity contribution in [3.8, 4) is 0 Å². The molecule has 0 unspecified atom stereocenters. The molecule has 3 rings (SSSR count). The monoisotopic (exact) mass is 280 g/mol. The van der Waals surface area contributed by atoms with Crippen LogP contribution in [-0.4, -0.2) is 16.9 Å². The molecule has 2 aromatic carbocycles. The minimum atomic E-state index is -1.07. The van der Waals surface area contributed by atoms with E-state index >= 15 is 0 Å². The van der Waals surface area contributed by atoms with E-state index in [-0.39, 0.29) is 16.9 Å². The van der Waals surface area contributed by atoms with Gasteiger partial charge in [0.15, 0.2) is 5.78 Å². The Morgan fingerprint density at radius 3 is 2.24 bits per heavy atom. The van der Waals surface area contributed by atoms with Gasteiger partial charge in [0.1, 0.15) is 0 Å². The molecule has 3 heteroatoms. The van der Waals surface area contributed by atoms with Gasteiger partial charge in [0.05, 0.1) is 5.56 Å². The van der Waals surface area contributed by atoms with Crippen molar-refractivity contribution in [3.63, 3.8) is 0 Å². The summed E-state index contributed by atoms with van der Waals surface area (Å²) < 4.78 is 0. The average molecular weight is 280 g/mol. The van der Waals surface area contributed by atoms with E-state index in [9.17, 15) is 14.7 Å². The SMILES string of the molecule is O=C(O)c1ccccc1C(=O)c1cccc2c1CCCC2. The molecule has 106 valence electrons. The fourth-order valence-electron chi connectivity index (χ4n) is 3.01. The topological polar surface area (TPSA) is 54.4 Å². The molecule has 0 atom stereocenters. The van der Waals surface area contributed by atoms with Crippen LogP contribution in [0.25, 0.3) is 0 Å². The van der Waals surface area contributed by atoms with Gasteiger partial charge in [-0.3, -0.25) is 4.79 Å². The summed E-state index contributed by atoms with van der Waals surface area (Å²) in [6.45, 7) is 0. The molecule has 0 saturated heterocycles. The van der Waals surface area contributed by atoms with Gasteiger partial charge in [0.2, 0.25) is 0 Å². The molecule has 0 aliphatic heterocycles. The van der Waals surface area contributed by atoms with Crippen LogP contribution in [0.3, 0.4) is 0 Å². The quantitative estimate of drug-likeness (QED) is 0.875. The maximum atomic E-state index is 12.8. The third-order valence-corrected chi connectivity index (χ3v) is 4.04. The number of carboxylic acids is 1. The molecular weight excluding hydrogens is 264 g/mol. The van der Waals surface area contributed by atoms with Gasteiger partial charge in [-0.1, -0.05) is 36.4 Å². The number of carbonyl (C=O) groups is 2. The fraction of sp³-hybridized carbons (Fsp3) is 0.222. The second kappa shape index (κ2) is 5.52. The van der Waals surface area contributed by atoms with Crippen LogP contribution in [0, 0.1) is 0 Å². The van der Waals surface area contributed by atoms with Crippen molar-refractivity contribution >= 4 is 11.8 Å². The molecule has 0 radical (unpaired) electrons. The normalized spacial score (nSPS) is 13.5. The number of fused-ring (bicyclic) bond motifs is 1. The predicted octanol–water partition coefficient (Wildman–Crippen LogP) is 3.49. The van der Waals surface area contributed by atoms with Crippen molar-refractivity contribution in [3.05, 3.63) is 70.3 Å². The van der Waals surface area contributed by atoms with Gasteiger partial charge in [-0.25, -0.2) is 4.79 Å². The molecule has 0 fully saturated rings. The van der Waals surface area contributed by atoms with Crippen LogP contribution in [0.15, 0.2) is 42.5 Å².